The van der Waals surface area contributed by atoms with E-state index in [0.717, 1.165) is 25.3 Å². The number of alkyl halides is 1. The minimum Gasteiger partial charge on any atom is -0.388 e. The molecule has 0 spiro atoms. The van der Waals surface area contributed by atoms with Gasteiger partial charge < -0.3 is 30.1 Å². The standard InChI is InChI=1S/C25H43ClN2O6S/c1-13(26)17(23-20(30)19(29)21(31)25(34-23)35-3)27-24(32)18-22-16(12-28(18)2)11-15(9-10-33-22)14-7-5-4-6-8-14/h13-23,25,29-31H,4-12H2,1-3H3,(H,27,32)/t13-,15-,16-,17+,18-,19+,20?,21+,22+,23+,25?/m0/s1. The summed E-state index contributed by atoms with van der Waals surface area (Å²) in [6.45, 7) is 3.22. The number of carbonyl (C=O) groups is 1. The van der Waals surface area contributed by atoms with Crippen LogP contribution in [-0.2, 0) is 14.3 Å². The van der Waals surface area contributed by atoms with Crippen molar-refractivity contribution in [3.8, 4) is 0 Å². The smallest absolute Gasteiger partial charge is 0.240 e. The summed E-state index contributed by atoms with van der Waals surface area (Å²) in [5.74, 6) is 1.55. The highest BCUT2D eigenvalue weighted by molar-refractivity contribution is 7.99. The van der Waals surface area contributed by atoms with Crippen molar-refractivity contribution in [3.05, 3.63) is 0 Å². The Kier molecular flexibility index (Phi) is 9.69. The topological polar surface area (TPSA) is 111 Å². The monoisotopic (exact) mass is 534 g/mol. The van der Waals surface area contributed by atoms with Crippen LogP contribution in [-0.4, -0.2) is 106 Å². The first kappa shape index (κ1) is 27.9. The zero-order valence-corrected chi connectivity index (χ0v) is 22.7. The third-order valence-corrected chi connectivity index (χ3v) is 9.89. The van der Waals surface area contributed by atoms with Gasteiger partial charge in [0.2, 0.25) is 5.91 Å². The number of likely N-dealkylation sites (tertiary alicyclic amines) is 1. The largest absolute Gasteiger partial charge is 0.388 e. The lowest BCUT2D eigenvalue weighted by atomic mass is 9.75. The van der Waals surface area contributed by atoms with Crippen molar-refractivity contribution in [1.82, 2.24) is 10.2 Å². The molecule has 0 aromatic carbocycles. The fourth-order valence-electron chi connectivity index (χ4n) is 6.85. The SMILES string of the molecule is CSC1O[C@H]([C@H](NC(=O)[C@@H]2[C@@H]3OCC[C@H](C4CCCCC4)C[C@H]3CN2C)[C@H](C)Cl)C(O)[C@@H](O)[C@H]1O. The Morgan fingerprint density at radius 3 is 2.43 bits per heavy atom. The van der Waals surface area contributed by atoms with E-state index < -0.39 is 47.3 Å². The molecule has 3 heterocycles. The number of halogens is 1. The van der Waals surface area contributed by atoms with Gasteiger partial charge in [0.1, 0.15) is 35.9 Å². The lowest BCUT2D eigenvalue weighted by molar-refractivity contribution is -0.205. The second-order valence-corrected chi connectivity index (χ2v) is 12.7. The Labute approximate surface area is 218 Å². The van der Waals surface area contributed by atoms with Crippen LogP contribution in [0, 0.1) is 17.8 Å². The van der Waals surface area contributed by atoms with Crippen molar-refractivity contribution in [2.24, 2.45) is 17.8 Å². The minimum absolute atomic E-state index is 0.177. The molecule has 8 nitrogen and oxygen atoms in total. The highest BCUT2D eigenvalue weighted by Gasteiger charge is 2.51. The van der Waals surface area contributed by atoms with E-state index in [-0.39, 0.29) is 12.0 Å². The predicted octanol–water partition coefficient (Wildman–Crippen LogP) is 1.57. The first-order valence-electron chi connectivity index (χ1n) is 13.2. The number of thioether (sulfide) groups is 1. The number of hydrogen-bond donors (Lipinski definition) is 4. The summed E-state index contributed by atoms with van der Waals surface area (Å²) in [7, 11) is 1.97. The molecule has 2 unspecified atom stereocenters. The first-order valence-corrected chi connectivity index (χ1v) is 14.9. The number of amides is 1. The third-order valence-electron chi connectivity index (χ3n) is 8.76. The number of aliphatic hydroxyl groups is 3. The normalized spacial score (nSPS) is 43.2. The van der Waals surface area contributed by atoms with E-state index in [4.69, 9.17) is 21.1 Å². The molecule has 202 valence electrons. The van der Waals surface area contributed by atoms with Gasteiger partial charge in [-0.15, -0.1) is 23.4 Å². The second kappa shape index (κ2) is 12.2. The molecule has 0 radical (unpaired) electrons. The van der Waals surface area contributed by atoms with Gasteiger partial charge in [0.15, 0.2) is 0 Å². The van der Waals surface area contributed by atoms with E-state index in [1.165, 1.54) is 43.9 Å². The number of nitrogens with one attached hydrogen (secondary N) is 1. The molecular weight excluding hydrogens is 492 g/mol. The van der Waals surface area contributed by atoms with Crippen molar-refractivity contribution < 1.29 is 29.6 Å². The summed E-state index contributed by atoms with van der Waals surface area (Å²) >= 11 is 7.71. The zero-order chi connectivity index (χ0) is 25.3. The maximum atomic E-state index is 13.6. The summed E-state index contributed by atoms with van der Waals surface area (Å²) in [5, 5.41) is 33.7. The average molecular weight is 535 g/mol. The quantitative estimate of drug-likeness (QED) is 0.380. The van der Waals surface area contributed by atoms with Crippen LogP contribution in [0.4, 0.5) is 0 Å². The van der Waals surface area contributed by atoms with Crippen LogP contribution in [0.15, 0.2) is 0 Å². The summed E-state index contributed by atoms with van der Waals surface area (Å²) < 4.78 is 12.2. The number of fused-ring (bicyclic) bond motifs is 1. The van der Waals surface area contributed by atoms with Gasteiger partial charge >= 0.3 is 0 Å². The minimum atomic E-state index is -1.39. The number of ether oxygens (including phenoxy) is 2. The Morgan fingerprint density at radius 1 is 1.06 bits per heavy atom. The zero-order valence-electron chi connectivity index (χ0n) is 21.1. The molecule has 3 aliphatic heterocycles. The van der Waals surface area contributed by atoms with Gasteiger partial charge in [-0.3, -0.25) is 9.69 Å². The molecule has 10 heteroatoms. The van der Waals surface area contributed by atoms with Crippen LogP contribution >= 0.6 is 23.4 Å². The number of likely N-dealkylation sites (N-methyl/N-ethyl adjacent to an activating group) is 1. The van der Waals surface area contributed by atoms with Gasteiger partial charge in [0.05, 0.1) is 17.5 Å². The van der Waals surface area contributed by atoms with Gasteiger partial charge in [-0.2, -0.15) is 0 Å². The summed E-state index contributed by atoms with van der Waals surface area (Å²) in [4.78, 5) is 15.7. The maximum absolute atomic E-state index is 13.6. The van der Waals surface area contributed by atoms with Crippen LogP contribution in [0.25, 0.3) is 0 Å². The fourth-order valence-corrected chi connectivity index (χ4v) is 7.74. The molecule has 3 saturated heterocycles. The second-order valence-electron chi connectivity index (χ2n) is 11.1. The number of nitrogens with zero attached hydrogens (tertiary/aromatic N) is 1. The van der Waals surface area contributed by atoms with Gasteiger partial charge in [0, 0.05) is 19.1 Å². The van der Waals surface area contributed by atoms with Gasteiger partial charge in [0.25, 0.3) is 0 Å². The third kappa shape index (κ3) is 5.98. The molecule has 35 heavy (non-hydrogen) atoms. The van der Waals surface area contributed by atoms with E-state index >= 15 is 0 Å². The van der Waals surface area contributed by atoms with Gasteiger partial charge in [-0.1, -0.05) is 32.1 Å². The molecule has 4 N–H and O–H groups in total. The van der Waals surface area contributed by atoms with E-state index in [2.05, 4.69) is 10.2 Å². The Morgan fingerprint density at radius 2 is 1.77 bits per heavy atom. The van der Waals surface area contributed by atoms with Crippen LogP contribution in [0.1, 0.15) is 51.9 Å². The number of aliphatic hydroxyl groups excluding tert-OH is 3. The van der Waals surface area contributed by atoms with Crippen molar-refractivity contribution >= 4 is 29.3 Å². The van der Waals surface area contributed by atoms with Crippen LogP contribution in [0.5, 0.6) is 0 Å². The van der Waals surface area contributed by atoms with Crippen LogP contribution < -0.4 is 5.32 Å². The number of hydrogen-bond acceptors (Lipinski definition) is 8. The van der Waals surface area contributed by atoms with E-state index in [9.17, 15) is 20.1 Å². The lowest BCUT2D eigenvalue weighted by Gasteiger charge is -2.44. The van der Waals surface area contributed by atoms with Crippen molar-refractivity contribution in [3.63, 3.8) is 0 Å². The molecule has 0 aromatic rings. The summed E-state index contributed by atoms with van der Waals surface area (Å²) in [6, 6.07) is -1.19. The maximum Gasteiger partial charge on any atom is 0.240 e. The van der Waals surface area contributed by atoms with Crippen molar-refractivity contribution in [2.75, 3.05) is 26.5 Å². The van der Waals surface area contributed by atoms with Crippen LogP contribution in [0.2, 0.25) is 0 Å². The Hall–Kier alpha value is -0.130. The average Bonchev–Trinajstić information content (AvgIpc) is 3.01. The van der Waals surface area contributed by atoms with Gasteiger partial charge in [-0.25, -0.2) is 0 Å². The van der Waals surface area contributed by atoms with E-state index in [0.29, 0.717) is 18.4 Å². The molecule has 4 fully saturated rings. The number of rotatable bonds is 6. The summed E-state index contributed by atoms with van der Waals surface area (Å²) in [6.07, 6.45) is 5.45. The van der Waals surface area contributed by atoms with E-state index in [1.54, 1.807) is 13.2 Å². The molecule has 1 saturated carbocycles. The molecule has 11 atom stereocenters. The molecule has 0 aromatic heterocycles. The number of carbonyl (C=O) groups excluding carboxylic acids is 1. The molecular formula is C25H43ClN2O6S. The van der Waals surface area contributed by atoms with Gasteiger partial charge in [-0.05, 0) is 44.9 Å². The van der Waals surface area contributed by atoms with Crippen LogP contribution in [0.3, 0.4) is 0 Å². The Bertz CT molecular complexity index is 711. The predicted molar refractivity (Wildman–Crippen MR) is 136 cm³/mol. The molecule has 4 aliphatic rings. The van der Waals surface area contributed by atoms with Crippen molar-refractivity contribution in [1.29, 1.82) is 0 Å². The lowest BCUT2D eigenvalue weighted by Crippen LogP contribution is -2.65. The molecule has 1 amide bonds. The molecule has 4 rings (SSSR count). The first-order chi connectivity index (χ1) is 16.7. The fraction of sp³-hybridized carbons (Fsp3) is 0.960. The highest BCUT2D eigenvalue weighted by Crippen LogP contribution is 2.41. The van der Waals surface area contributed by atoms with E-state index in [1.807, 2.05) is 7.05 Å². The molecule has 0 bridgehead atoms. The molecule has 1 aliphatic carbocycles. The Balaban J connectivity index is 1.45. The summed E-state index contributed by atoms with van der Waals surface area (Å²) in [5.41, 5.74) is -0.728. The van der Waals surface area contributed by atoms with Crippen molar-refractivity contribution in [2.45, 2.75) is 105 Å². The highest BCUT2D eigenvalue weighted by atomic mass is 35.5.